The molecule has 1 aliphatic rings. The Kier molecular flexibility index (Phi) is 8.63. The molecule has 1 heterocycles. The van der Waals surface area contributed by atoms with Gasteiger partial charge in [0.05, 0.1) is 35.3 Å². The molecular weight excluding hydrogens is 533 g/mol. The standard InChI is InChI=1S/C28H29F3N2O5S/c1-2-39(36,37)24-13-5-19(6-14-24)25(18-34)27(35)32-22-9-11-23(12-10-22)33-15-16-38-26(17-33)20-3-7-21(8-4-20)28(29,30)31/h3-14,25-26,34H,2,15-18H2,1H3,(H,32,35)/t25-,26?/m0/s1. The van der Waals surface area contributed by atoms with E-state index in [-0.39, 0.29) is 16.8 Å². The summed E-state index contributed by atoms with van der Waals surface area (Å²) in [5.74, 6) is -1.36. The minimum Gasteiger partial charge on any atom is -0.395 e. The first kappa shape index (κ1) is 28.6. The van der Waals surface area contributed by atoms with Crippen molar-refractivity contribution in [3.8, 4) is 0 Å². The molecule has 0 aliphatic carbocycles. The molecule has 0 spiro atoms. The monoisotopic (exact) mass is 562 g/mol. The van der Waals surface area contributed by atoms with Crippen molar-refractivity contribution in [2.75, 3.05) is 42.3 Å². The minimum absolute atomic E-state index is 0.0353. The van der Waals surface area contributed by atoms with Gasteiger partial charge in [0.15, 0.2) is 9.84 Å². The predicted octanol–water partition coefficient (Wildman–Crippen LogP) is 4.79. The lowest BCUT2D eigenvalue weighted by Gasteiger charge is -2.35. The number of carbonyl (C=O) groups excluding carboxylic acids is 1. The average Bonchev–Trinajstić information content (AvgIpc) is 2.94. The van der Waals surface area contributed by atoms with E-state index in [1.54, 1.807) is 19.1 Å². The Hall–Kier alpha value is -3.41. The third-order valence-corrected chi connectivity index (χ3v) is 8.45. The van der Waals surface area contributed by atoms with Crippen molar-refractivity contribution >= 4 is 27.1 Å². The molecule has 1 fully saturated rings. The van der Waals surface area contributed by atoms with E-state index >= 15 is 0 Å². The molecule has 0 aromatic heterocycles. The second-order valence-corrected chi connectivity index (χ2v) is 11.4. The van der Waals surface area contributed by atoms with Gasteiger partial charge in [0.25, 0.3) is 0 Å². The lowest BCUT2D eigenvalue weighted by molar-refractivity contribution is -0.137. The van der Waals surface area contributed by atoms with Gasteiger partial charge in [-0.05, 0) is 59.7 Å². The third-order valence-electron chi connectivity index (χ3n) is 6.70. The Morgan fingerprint density at radius 1 is 1.05 bits per heavy atom. The van der Waals surface area contributed by atoms with Crippen molar-refractivity contribution in [1.82, 2.24) is 0 Å². The highest BCUT2D eigenvalue weighted by Gasteiger charge is 2.31. The number of benzene rings is 3. The summed E-state index contributed by atoms with van der Waals surface area (Å²) in [5, 5.41) is 12.6. The highest BCUT2D eigenvalue weighted by molar-refractivity contribution is 7.91. The molecule has 39 heavy (non-hydrogen) atoms. The Morgan fingerprint density at radius 3 is 2.26 bits per heavy atom. The normalized spacial score (nSPS) is 17.1. The summed E-state index contributed by atoms with van der Waals surface area (Å²) in [6, 6.07) is 18.0. The number of nitrogens with zero attached hydrogens (tertiary/aromatic N) is 1. The molecule has 11 heteroatoms. The van der Waals surface area contributed by atoms with Gasteiger partial charge >= 0.3 is 6.18 Å². The van der Waals surface area contributed by atoms with Crippen LogP contribution < -0.4 is 10.2 Å². The number of carbonyl (C=O) groups is 1. The summed E-state index contributed by atoms with van der Waals surface area (Å²) in [7, 11) is -3.37. The van der Waals surface area contributed by atoms with E-state index in [1.807, 2.05) is 12.1 Å². The van der Waals surface area contributed by atoms with Crippen LogP contribution in [-0.4, -0.2) is 51.5 Å². The molecule has 3 aromatic rings. The molecule has 208 valence electrons. The van der Waals surface area contributed by atoms with Crippen molar-refractivity contribution in [2.24, 2.45) is 0 Å². The third kappa shape index (κ3) is 6.78. The number of sulfone groups is 1. The lowest BCUT2D eigenvalue weighted by Crippen LogP contribution is -2.38. The van der Waals surface area contributed by atoms with Gasteiger partial charge in [-0.2, -0.15) is 13.2 Å². The number of rotatable bonds is 8. The molecule has 7 nitrogen and oxygen atoms in total. The summed E-state index contributed by atoms with van der Waals surface area (Å²) in [5.41, 5.74) is 1.82. The SMILES string of the molecule is CCS(=O)(=O)c1ccc([C@H](CO)C(=O)Nc2ccc(N3CCOC(c4ccc(C(F)(F)F)cc4)C3)cc2)cc1. The maximum absolute atomic E-state index is 12.9. The number of anilines is 2. The van der Waals surface area contributed by atoms with Crippen molar-refractivity contribution in [2.45, 2.75) is 30.0 Å². The van der Waals surface area contributed by atoms with Crippen molar-refractivity contribution in [3.05, 3.63) is 89.5 Å². The molecule has 2 atom stereocenters. The van der Waals surface area contributed by atoms with E-state index < -0.39 is 40.0 Å². The van der Waals surface area contributed by atoms with Crippen LogP contribution in [0.4, 0.5) is 24.5 Å². The number of ether oxygens (including phenoxy) is 1. The van der Waals surface area contributed by atoms with Gasteiger partial charge in [-0.15, -0.1) is 0 Å². The first-order valence-electron chi connectivity index (χ1n) is 12.4. The van der Waals surface area contributed by atoms with Crippen LogP contribution >= 0.6 is 0 Å². The van der Waals surface area contributed by atoms with Crippen molar-refractivity contribution < 1.29 is 36.2 Å². The summed E-state index contributed by atoms with van der Waals surface area (Å²) in [6.45, 7) is 2.55. The highest BCUT2D eigenvalue weighted by atomic mass is 32.2. The molecule has 0 radical (unpaired) electrons. The van der Waals surface area contributed by atoms with Gasteiger partial charge in [0, 0.05) is 24.5 Å². The van der Waals surface area contributed by atoms with Gasteiger partial charge < -0.3 is 20.1 Å². The highest BCUT2D eigenvalue weighted by Crippen LogP contribution is 2.32. The number of aliphatic hydroxyl groups excluding tert-OH is 1. The molecule has 0 saturated carbocycles. The fourth-order valence-corrected chi connectivity index (χ4v) is 5.26. The van der Waals surface area contributed by atoms with Gasteiger partial charge in [-0.1, -0.05) is 31.2 Å². The average molecular weight is 563 g/mol. The van der Waals surface area contributed by atoms with Gasteiger partial charge in [-0.3, -0.25) is 4.79 Å². The number of nitrogens with one attached hydrogen (secondary N) is 1. The number of halogens is 3. The summed E-state index contributed by atoms with van der Waals surface area (Å²) >= 11 is 0. The van der Waals surface area contributed by atoms with Gasteiger partial charge in [-0.25, -0.2) is 8.42 Å². The second kappa shape index (κ2) is 11.8. The maximum atomic E-state index is 12.9. The first-order valence-corrected chi connectivity index (χ1v) is 14.0. The molecule has 0 bridgehead atoms. The summed E-state index contributed by atoms with van der Waals surface area (Å²) in [6.07, 6.45) is -4.78. The number of alkyl halides is 3. The number of amides is 1. The molecule has 2 N–H and O–H groups in total. The smallest absolute Gasteiger partial charge is 0.395 e. The topological polar surface area (TPSA) is 95.9 Å². The van der Waals surface area contributed by atoms with Crippen LogP contribution in [0, 0.1) is 0 Å². The number of hydrogen-bond donors (Lipinski definition) is 2. The van der Waals surface area contributed by atoms with Crippen LogP contribution in [0.5, 0.6) is 0 Å². The number of hydrogen-bond acceptors (Lipinski definition) is 6. The zero-order valence-corrected chi connectivity index (χ0v) is 22.0. The molecule has 1 amide bonds. The largest absolute Gasteiger partial charge is 0.416 e. The Labute approximate surface area is 225 Å². The molecule has 1 saturated heterocycles. The van der Waals surface area contributed by atoms with E-state index in [4.69, 9.17) is 4.74 Å². The number of morpholine rings is 1. The Morgan fingerprint density at radius 2 is 1.69 bits per heavy atom. The second-order valence-electron chi connectivity index (χ2n) is 9.17. The van der Waals surface area contributed by atoms with Crippen LogP contribution in [0.2, 0.25) is 0 Å². The fraction of sp³-hybridized carbons (Fsp3) is 0.321. The maximum Gasteiger partial charge on any atom is 0.416 e. The van der Waals surface area contributed by atoms with Crippen LogP contribution in [0.1, 0.15) is 35.6 Å². The van der Waals surface area contributed by atoms with E-state index in [0.717, 1.165) is 17.8 Å². The zero-order chi connectivity index (χ0) is 28.2. The van der Waals surface area contributed by atoms with Crippen LogP contribution in [-0.2, 0) is 25.5 Å². The predicted molar refractivity (Wildman–Crippen MR) is 141 cm³/mol. The van der Waals surface area contributed by atoms with Crippen molar-refractivity contribution in [3.63, 3.8) is 0 Å². The molecular formula is C28H29F3N2O5S. The quantitative estimate of drug-likeness (QED) is 0.410. The zero-order valence-electron chi connectivity index (χ0n) is 21.2. The fourth-order valence-electron chi connectivity index (χ4n) is 4.37. The van der Waals surface area contributed by atoms with E-state index in [2.05, 4.69) is 10.2 Å². The van der Waals surface area contributed by atoms with Crippen LogP contribution in [0.25, 0.3) is 0 Å². The van der Waals surface area contributed by atoms with Gasteiger partial charge in [0.2, 0.25) is 5.91 Å². The molecule has 4 rings (SSSR count). The Bertz CT molecular complexity index is 1380. The first-order chi connectivity index (χ1) is 18.5. The van der Waals surface area contributed by atoms with E-state index in [9.17, 15) is 31.5 Å². The van der Waals surface area contributed by atoms with Gasteiger partial charge in [0.1, 0.15) is 6.10 Å². The van der Waals surface area contributed by atoms with Crippen molar-refractivity contribution in [1.29, 1.82) is 0 Å². The summed E-state index contributed by atoms with van der Waals surface area (Å²) < 4.78 is 68.5. The number of aliphatic hydroxyl groups is 1. The summed E-state index contributed by atoms with van der Waals surface area (Å²) in [4.78, 5) is 15.1. The molecule has 1 unspecified atom stereocenters. The van der Waals surface area contributed by atoms with E-state index in [0.29, 0.717) is 36.5 Å². The lowest BCUT2D eigenvalue weighted by atomic mass is 9.99. The minimum atomic E-state index is -4.39. The van der Waals surface area contributed by atoms with Crippen LogP contribution in [0.15, 0.2) is 77.7 Å². The Balaban J connectivity index is 1.39. The van der Waals surface area contributed by atoms with E-state index in [1.165, 1.54) is 36.4 Å². The van der Waals surface area contributed by atoms with Crippen LogP contribution in [0.3, 0.4) is 0 Å². The molecule has 1 aliphatic heterocycles. The molecule has 3 aromatic carbocycles.